The third-order valence-electron chi connectivity index (χ3n) is 2.29. The van der Waals surface area contributed by atoms with Gasteiger partial charge in [0.15, 0.2) is 0 Å². The van der Waals surface area contributed by atoms with Crippen molar-refractivity contribution in [2.45, 2.75) is 6.54 Å². The Morgan fingerprint density at radius 1 is 1.53 bits per heavy atom. The summed E-state index contributed by atoms with van der Waals surface area (Å²) in [4.78, 5) is 6.44. The van der Waals surface area contributed by atoms with Gasteiger partial charge in [-0.3, -0.25) is 4.98 Å². The largest absolute Gasteiger partial charge is 0.373 e. The Bertz CT molecular complexity index is 291. The van der Waals surface area contributed by atoms with Crippen molar-refractivity contribution >= 4 is 17.4 Å². The van der Waals surface area contributed by atoms with Crippen LogP contribution in [0.5, 0.6) is 0 Å². The van der Waals surface area contributed by atoms with Crippen molar-refractivity contribution in [3.8, 4) is 0 Å². The fraction of sp³-hybridized carbons (Fsp3) is 0.545. The zero-order chi connectivity index (χ0) is 11.1. The Balaban J connectivity index is 2.72. The Labute approximate surface area is 96.3 Å². The molecule has 1 heterocycles. The van der Waals surface area contributed by atoms with Gasteiger partial charge in [0.1, 0.15) is 0 Å². The van der Waals surface area contributed by atoms with Crippen LogP contribution in [0.2, 0.25) is 0 Å². The first-order valence-electron chi connectivity index (χ1n) is 5.07. The lowest BCUT2D eigenvalue weighted by molar-refractivity contribution is 0.805. The molecule has 3 nitrogen and oxygen atoms in total. The summed E-state index contributed by atoms with van der Waals surface area (Å²) >= 11 is 1.87. The van der Waals surface area contributed by atoms with Gasteiger partial charge in [0.05, 0.1) is 0 Å². The molecule has 0 aliphatic heterocycles. The fourth-order valence-corrected chi connectivity index (χ4v) is 1.92. The number of rotatable bonds is 6. The van der Waals surface area contributed by atoms with Crippen molar-refractivity contribution in [1.29, 1.82) is 0 Å². The summed E-state index contributed by atoms with van der Waals surface area (Å²) in [6.45, 7) is 1.94. The molecule has 0 amide bonds. The number of hydrogen-bond acceptors (Lipinski definition) is 4. The maximum Gasteiger partial charge on any atom is 0.0440 e. The summed E-state index contributed by atoms with van der Waals surface area (Å²) in [6.07, 6.45) is 5.92. The van der Waals surface area contributed by atoms with E-state index >= 15 is 0 Å². The summed E-state index contributed by atoms with van der Waals surface area (Å²) in [6, 6.07) is 2.08. The molecule has 4 heteroatoms. The van der Waals surface area contributed by atoms with Crippen LogP contribution in [0, 0.1) is 0 Å². The SMILES string of the molecule is CNCc1cnccc1N(C)CCSC. The summed E-state index contributed by atoms with van der Waals surface area (Å²) in [5.74, 6) is 1.15. The van der Waals surface area contributed by atoms with Gasteiger partial charge in [0, 0.05) is 49.5 Å². The second kappa shape index (κ2) is 6.69. The molecule has 1 aromatic heterocycles. The fourth-order valence-electron chi connectivity index (χ4n) is 1.47. The topological polar surface area (TPSA) is 28.2 Å². The van der Waals surface area contributed by atoms with Crippen LogP contribution in [0.25, 0.3) is 0 Å². The van der Waals surface area contributed by atoms with Gasteiger partial charge in [-0.15, -0.1) is 0 Å². The molecule has 1 rings (SSSR count). The molecule has 0 saturated heterocycles. The highest BCUT2D eigenvalue weighted by atomic mass is 32.2. The Kier molecular flexibility index (Phi) is 5.50. The lowest BCUT2D eigenvalue weighted by Crippen LogP contribution is -2.22. The molecular weight excluding hydrogens is 206 g/mol. The highest BCUT2D eigenvalue weighted by molar-refractivity contribution is 7.98. The van der Waals surface area contributed by atoms with Crippen LogP contribution in [-0.2, 0) is 6.54 Å². The van der Waals surface area contributed by atoms with Gasteiger partial charge in [-0.05, 0) is 19.4 Å². The second-order valence-electron chi connectivity index (χ2n) is 3.45. The van der Waals surface area contributed by atoms with E-state index in [0.29, 0.717) is 0 Å². The maximum absolute atomic E-state index is 4.15. The predicted molar refractivity (Wildman–Crippen MR) is 68.7 cm³/mol. The summed E-state index contributed by atoms with van der Waals surface area (Å²) in [5, 5.41) is 3.16. The molecule has 1 aromatic rings. The summed E-state index contributed by atoms with van der Waals surface area (Å²) < 4.78 is 0. The van der Waals surface area contributed by atoms with Gasteiger partial charge in [-0.2, -0.15) is 11.8 Å². The Hall–Kier alpha value is -0.740. The van der Waals surface area contributed by atoms with Crippen molar-refractivity contribution in [3.63, 3.8) is 0 Å². The minimum absolute atomic E-state index is 0.868. The van der Waals surface area contributed by atoms with Crippen molar-refractivity contribution in [1.82, 2.24) is 10.3 Å². The number of anilines is 1. The standard InChI is InChI=1S/C11H19N3S/c1-12-8-10-9-13-5-4-11(10)14(2)6-7-15-3/h4-5,9,12H,6-8H2,1-3H3. The second-order valence-corrected chi connectivity index (χ2v) is 4.43. The molecule has 0 aliphatic carbocycles. The van der Waals surface area contributed by atoms with Gasteiger partial charge in [0.25, 0.3) is 0 Å². The number of hydrogen-bond donors (Lipinski definition) is 1. The van der Waals surface area contributed by atoms with Crippen molar-refractivity contribution in [3.05, 3.63) is 24.0 Å². The average Bonchev–Trinajstić information content (AvgIpc) is 2.27. The molecule has 0 radical (unpaired) electrons. The first-order chi connectivity index (χ1) is 7.29. The molecule has 15 heavy (non-hydrogen) atoms. The predicted octanol–water partition coefficient (Wildman–Crippen LogP) is 1.60. The lowest BCUT2D eigenvalue weighted by Gasteiger charge is -2.21. The number of nitrogens with one attached hydrogen (secondary N) is 1. The van der Waals surface area contributed by atoms with Crippen LogP contribution < -0.4 is 10.2 Å². The van der Waals surface area contributed by atoms with Crippen LogP contribution in [0.1, 0.15) is 5.56 Å². The normalized spacial score (nSPS) is 10.3. The van der Waals surface area contributed by atoms with Crippen LogP contribution >= 0.6 is 11.8 Å². The molecule has 0 spiro atoms. The van der Waals surface area contributed by atoms with E-state index < -0.39 is 0 Å². The van der Waals surface area contributed by atoms with Gasteiger partial charge in [0.2, 0.25) is 0 Å². The van der Waals surface area contributed by atoms with E-state index in [9.17, 15) is 0 Å². The van der Waals surface area contributed by atoms with E-state index in [2.05, 4.69) is 34.6 Å². The summed E-state index contributed by atoms with van der Waals surface area (Å²) in [7, 11) is 4.09. The van der Waals surface area contributed by atoms with Crippen LogP contribution in [0.4, 0.5) is 5.69 Å². The number of pyridine rings is 1. The van der Waals surface area contributed by atoms with Crippen molar-refractivity contribution < 1.29 is 0 Å². The van der Waals surface area contributed by atoms with Crippen LogP contribution in [-0.4, -0.2) is 37.6 Å². The molecule has 1 N–H and O–H groups in total. The molecule has 84 valence electrons. The van der Waals surface area contributed by atoms with E-state index in [1.165, 1.54) is 11.3 Å². The molecule has 0 unspecified atom stereocenters. The zero-order valence-corrected chi connectivity index (χ0v) is 10.5. The molecule has 0 bridgehead atoms. The summed E-state index contributed by atoms with van der Waals surface area (Å²) in [5.41, 5.74) is 2.53. The third kappa shape index (κ3) is 3.72. The van der Waals surface area contributed by atoms with E-state index in [4.69, 9.17) is 0 Å². The van der Waals surface area contributed by atoms with Crippen LogP contribution in [0.3, 0.4) is 0 Å². The van der Waals surface area contributed by atoms with E-state index in [-0.39, 0.29) is 0 Å². The number of aromatic nitrogens is 1. The van der Waals surface area contributed by atoms with E-state index in [1.54, 1.807) is 0 Å². The molecule has 0 aliphatic rings. The zero-order valence-electron chi connectivity index (χ0n) is 9.66. The quantitative estimate of drug-likeness (QED) is 0.796. The average molecular weight is 225 g/mol. The van der Waals surface area contributed by atoms with Gasteiger partial charge < -0.3 is 10.2 Å². The smallest absolute Gasteiger partial charge is 0.0440 e. The van der Waals surface area contributed by atoms with Crippen LogP contribution in [0.15, 0.2) is 18.5 Å². The molecule has 0 atom stereocenters. The Morgan fingerprint density at radius 2 is 2.33 bits per heavy atom. The van der Waals surface area contributed by atoms with Crippen molar-refractivity contribution in [2.75, 3.05) is 37.5 Å². The molecule has 0 fully saturated rings. The van der Waals surface area contributed by atoms with E-state index in [1.807, 2.05) is 31.2 Å². The first-order valence-corrected chi connectivity index (χ1v) is 6.46. The molecule has 0 aromatic carbocycles. The number of nitrogens with zero attached hydrogens (tertiary/aromatic N) is 2. The molecule has 0 saturated carbocycles. The highest BCUT2D eigenvalue weighted by Gasteiger charge is 2.05. The lowest BCUT2D eigenvalue weighted by atomic mass is 10.2. The monoisotopic (exact) mass is 225 g/mol. The maximum atomic E-state index is 4.15. The first kappa shape index (κ1) is 12.3. The van der Waals surface area contributed by atoms with E-state index in [0.717, 1.165) is 18.8 Å². The minimum Gasteiger partial charge on any atom is -0.373 e. The Morgan fingerprint density at radius 3 is 3.00 bits per heavy atom. The highest BCUT2D eigenvalue weighted by Crippen LogP contribution is 2.17. The molecular formula is C11H19N3S. The third-order valence-corrected chi connectivity index (χ3v) is 2.88. The van der Waals surface area contributed by atoms with Crippen molar-refractivity contribution in [2.24, 2.45) is 0 Å². The minimum atomic E-state index is 0.868. The van der Waals surface area contributed by atoms with Gasteiger partial charge in [-0.1, -0.05) is 0 Å². The van der Waals surface area contributed by atoms with Gasteiger partial charge in [-0.25, -0.2) is 0 Å². The number of thioether (sulfide) groups is 1. The van der Waals surface area contributed by atoms with Gasteiger partial charge >= 0.3 is 0 Å².